The molecule has 0 bridgehead atoms. The molecule has 1 atom stereocenters. The highest BCUT2D eigenvalue weighted by Crippen LogP contribution is 2.00. The number of nitrogens with zero attached hydrogens (tertiary/aromatic N) is 1. The number of rotatable bonds is 6. The highest BCUT2D eigenvalue weighted by Gasteiger charge is 2.22. The van der Waals surface area contributed by atoms with Gasteiger partial charge in [0, 0.05) is 32.7 Å². The molecule has 0 spiro atoms. The summed E-state index contributed by atoms with van der Waals surface area (Å²) >= 11 is 0. The molecule has 1 heterocycles. The second kappa shape index (κ2) is 8.05. The second-order valence-electron chi connectivity index (χ2n) is 4.53. The fraction of sp³-hybridized carbons (Fsp3) is 0.833. The Morgan fingerprint density at radius 2 is 1.94 bits per heavy atom. The van der Waals surface area contributed by atoms with Gasteiger partial charge in [0.2, 0.25) is 11.8 Å². The molecule has 6 nitrogen and oxygen atoms in total. The van der Waals surface area contributed by atoms with Crippen LogP contribution in [-0.2, 0) is 9.59 Å². The summed E-state index contributed by atoms with van der Waals surface area (Å²) in [5, 5.41) is 8.65. The second-order valence-corrected chi connectivity index (χ2v) is 4.53. The Hall–Kier alpha value is -1.14. The van der Waals surface area contributed by atoms with Crippen LogP contribution in [0.1, 0.15) is 20.3 Å². The average Bonchev–Trinajstić information content (AvgIpc) is 2.42. The minimum absolute atomic E-state index is 0.0647. The zero-order chi connectivity index (χ0) is 13.4. The van der Waals surface area contributed by atoms with E-state index >= 15 is 0 Å². The molecule has 1 aliphatic rings. The van der Waals surface area contributed by atoms with E-state index in [-0.39, 0.29) is 24.4 Å². The Morgan fingerprint density at radius 3 is 2.56 bits per heavy atom. The van der Waals surface area contributed by atoms with Crippen molar-refractivity contribution in [2.45, 2.75) is 26.3 Å². The maximum absolute atomic E-state index is 11.9. The topological polar surface area (TPSA) is 73.5 Å². The zero-order valence-corrected chi connectivity index (χ0v) is 11.3. The lowest BCUT2D eigenvalue weighted by Crippen LogP contribution is -2.53. The van der Waals surface area contributed by atoms with E-state index in [4.69, 9.17) is 0 Å². The number of amides is 2. The molecule has 1 unspecified atom stereocenters. The number of carbonyl (C=O) groups excluding carboxylic acids is 2. The van der Waals surface area contributed by atoms with Crippen molar-refractivity contribution in [3.8, 4) is 0 Å². The van der Waals surface area contributed by atoms with Gasteiger partial charge in [-0.1, -0.05) is 6.92 Å². The van der Waals surface area contributed by atoms with Crippen LogP contribution in [0, 0.1) is 0 Å². The van der Waals surface area contributed by atoms with Crippen LogP contribution in [-0.4, -0.2) is 62.0 Å². The van der Waals surface area contributed by atoms with Crippen molar-refractivity contribution in [2.24, 2.45) is 0 Å². The molecule has 18 heavy (non-hydrogen) atoms. The highest BCUT2D eigenvalue weighted by atomic mass is 16.2. The minimum Gasteiger partial charge on any atom is -0.355 e. The van der Waals surface area contributed by atoms with Crippen molar-refractivity contribution in [3.63, 3.8) is 0 Å². The SMILES string of the molecule is CCCNC(=O)CNC(=O)C(C)N1CCNCC1. The average molecular weight is 256 g/mol. The Bertz CT molecular complexity index is 277. The molecule has 0 aromatic carbocycles. The molecule has 1 saturated heterocycles. The van der Waals surface area contributed by atoms with Gasteiger partial charge in [-0.25, -0.2) is 0 Å². The summed E-state index contributed by atoms with van der Waals surface area (Å²) in [6.07, 6.45) is 0.900. The van der Waals surface area contributed by atoms with E-state index in [1.165, 1.54) is 0 Å². The first-order valence-electron chi connectivity index (χ1n) is 6.64. The summed E-state index contributed by atoms with van der Waals surface area (Å²) in [4.78, 5) is 25.3. The van der Waals surface area contributed by atoms with Gasteiger partial charge in [0.15, 0.2) is 0 Å². The summed E-state index contributed by atoms with van der Waals surface area (Å²) in [5.74, 6) is -0.207. The Morgan fingerprint density at radius 1 is 1.28 bits per heavy atom. The zero-order valence-electron chi connectivity index (χ0n) is 11.3. The van der Waals surface area contributed by atoms with Crippen LogP contribution in [0.15, 0.2) is 0 Å². The fourth-order valence-electron chi connectivity index (χ4n) is 1.88. The molecule has 2 amide bonds. The van der Waals surface area contributed by atoms with Gasteiger partial charge in [-0.3, -0.25) is 14.5 Å². The molecule has 6 heteroatoms. The number of piperazine rings is 1. The van der Waals surface area contributed by atoms with Gasteiger partial charge < -0.3 is 16.0 Å². The first-order valence-corrected chi connectivity index (χ1v) is 6.64. The fourth-order valence-corrected chi connectivity index (χ4v) is 1.88. The predicted octanol–water partition coefficient (Wildman–Crippen LogP) is -1.08. The third kappa shape index (κ3) is 5.01. The lowest BCUT2D eigenvalue weighted by atomic mass is 10.2. The van der Waals surface area contributed by atoms with Crippen molar-refractivity contribution in [2.75, 3.05) is 39.3 Å². The lowest BCUT2D eigenvalue weighted by Gasteiger charge is -2.31. The van der Waals surface area contributed by atoms with Crippen molar-refractivity contribution >= 4 is 11.8 Å². The van der Waals surface area contributed by atoms with E-state index < -0.39 is 0 Å². The van der Waals surface area contributed by atoms with Crippen LogP contribution in [0.25, 0.3) is 0 Å². The monoisotopic (exact) mass is 256 g/mol. The standard InChI is InChI=1S/C12H24N4O2/c1-3-4-14-11(17)9-15-12(18)10(2)16-7-5-13-6-8-16/h10,13H,3-9H2,1-2H3,(H,14,17)(H,15,18). The third-order valence-corrected chi connectivity index (χ3v) is 3.07. The van der Waals surface area contributed by atoms with Gasteiger partial charge in [-0.2, -0.15) is 0 Å². The Kier molecular flexibility index (Phi) is 6.67. The molecule has 104 valence electrons. The number of hydrogen-bond donors (Lipinski definition) is 3. The number of nitrogens with one attached hydrogen (secondary N) is 3. The summed E-state index contributed by atoms with van der Waals surface area (Å²) in [7, 11) is 0. The van der Waals surface area contributed by atoms with Crippen LogP contribution in [0.5, 0.6) is 0 Å². The van der Waals surface area contributed by atoms with E-state index in [1.54, 1.807) is 0 Å². The van der Waals surface area contributed by atoms with Crippen LogP contribution in [0.4, 0.5) is 0 Å². The van der Waals surface area contributed by atoms with E-state index in [2.05, 4.69) is 20.9 Å². The summed E-state index contributed by atoms with van der Waals surface area (Å²) in [6, 6.07) is -0.175. The van der Waals surface area contributed by atoms with E-state index in [9.17, 15) is 9.59 Å². The van der Waals surface area contributed by atoms with Crippen molar-refractivity contribution in [3.05, 3.63) is 0 Å². The van der Waals surface area contributed by atoms with Gasteiger partial charge in [-0.05, 0) is 13.3 Å². The first-order chi connectivity index (χ1) is 8.65. The highest BCUT2D eigenvalue weighted by molar-refractivity contribution is 5.87. The van der Waals surface area contributed by atoms with Crippen LogP contribution in [0.3, 0.4) is 0 Å². The van der Waals surface area contributed by atoms with Crippen LogP contribution in [0.2, 0.25) is 0 Å². The van der Waals surface area contributed by atoms with Gasteiger partial charge in [-0.15, -0.1) is 0 Å². The summed E-state index contributed by atoms with van der Waals surface area (Å²) in [5.41, 5.74) is 0. The molecular weight excluding hydrogens is 232 g/mol. The van der Waals surface area contributed by atoms with Gasteiger partial charge in [0.05, 0.1) is 12.6 Å². The normalized spacial score (nSPS) is 18.1. The molecule has 0 aromatic rings. The molecule has 0 aliphatic carbocycles. The van der Waals surface area contributed by atoms with Gasteiger partial charge >= 0.3 is 0 Å². The third-order valence-electron chi connectivity index (χ3n) is 3.07. The molecule has 1 aliphatic heterocycles. The molecular formula is C12H24N4O2. The predicted molar refractivity (Wildman–Crippen MR) is 70.2 cm³/mol. The van der Waals surface area contributed by atoms with Gasteiger partial charge in [0.25, 0.3) is 0 Å². The number of carbonyl (C=O) groups is 2. The summed E-state index contributed by atoms with van der Waals surface area (Å²) in [6.45, 7) is 8.16. The Balaban J connectivity index is 2.24. The van der Waals surface area contributed by atoms with Gasteiger partial charge in [0.1, 0.15) is 0 Å². The van der Waals surface area contributed by atoms with E-state index in [0.717, 1.165) is 32.6 Å². The summed E-state index contributed by atoms with van der Waals surface area (Å²) < 4.78 is 0. The smallest absolute Gasteiger partial charge is 0.239 e. The minimum atomic E-state index is -0.175. The molecule has 0 aromatic heterocycles. The van der Waals surface area contributed by atoms with Crippen LogP contribution < -0.4 is 16.0 Å². The maximum Gasteiger partial charge on any atom is 0.239 e. The Labute approximate surface area is 108 Å². The number of hydrogen-bond acceptors (Lipinski definition) is 4. The van der Waals surface area contributed by atoms with Crippen LogP contribution >= 0.6 is 0 Å². The largest absolute Gasteiger partial charge is 0.355 e. The van der Waals surface area contributed by atoms with E-state index in [0.29, 0.717) is 6.54 Å². The quantitative estimate of drug-likeness (QED) is 0.565. The molecule has 0 radical (unpaired) electrons. The molecule has 3 N–H and O–H groups in total. The molecule has 0 saturated carbocycles. The van der Waals surface area contributed by atoms with E-state index in [1.807, 2.05) is 13.8 Å². The van der Waals surface area contributed by atoms with Crippen molar-refractivity contribution in [1.82, 2.24) is 20.9 Å². The maximum atomic E-state index is 11.9. The molecule has 1 rings (SSSR count). The van der Waals surface area contributed by atoms with Crippen molar-refractivity contribution in [1.29, 1.82) is 0 Å². The lowest BCUT2D eigenvalue weighted by molar-refractivity contribution is -0.129. The molecule has 1 fully saturated rings. The first kappa shape index (κ1) is 14.9. The van der Waals surface area contributed by atoms with Crippen molar-refractivity contribution < 1.29 is 9.59 Å².